The molecule has 3 N–H and O–H groups in total. The van der Waals surface area contributed by atoms with Crippen molar-refractivity contribution in [2.45, 2.75) is 24.6 Å². The number of aromatic amines is 1. The number of H-pyrrole nitrogens is 1. The quantitative estimate of drug-likeness (QED) is 0.443. The Labute approximate surface area is 128 Å². The zero-order chi connectivity index (χ0) is 17.1. The van der Waals surface area contributed by atoms with Gasteiger partial charge in [0.1, 0.15) is 12.2 Å². The van der Waals surface area contributed by atoms with Gasteiger partial charge in [-0.2, -0.15) is 0 Å². The van der Waals surface area contributed by atoms with Crippen molar-refractivity contribution in [3.63, 3.8) is 0 Å². The first-order valence-corrected chi connectivity index (χ1v) is 6.59. The van der Waals surface area contributed by atoms with Gasteiger partial charge in [0.05, 0.1) is 19.3 Å². The van der Waals surface area contributed by atoms with Gasteiger partial charge in [-0.15, -0.1) is 0 Å². The molecule has 2 heterocycles. The van der Waals surface area contributed by atoms with Crippen molar-refractivity contribution in [3.8, 4) is 0 Å². The van der Waals surface area contributed by atoms with Crippen LogP contribution in [0.4, 0.5) is 4.39 Å². The van der Waals surface area contributed by atoms with E-state index in [1.54, 1.807) is 0 Å². The van der Waals surface area contributed by atoms with Crippen molar-refractivity contribution in [2.75, 3.05) is 13.7 Å². The molecule has 0 saturated carbocycles. The second kappa shape index (κ2) is 6.86. The predicted octanol–water partition coefficient (Wildman–Crippen LogP) is -1.69. The first kappa shape index (κ1) is 17.1. The lowest BCUT2D eigenvalue weighted by atomic mass is 10.1. The third-order valence-electron chi connectivity index (χ3n) is 3.34. The number of nitrogens with zero attached hydrogens (tertiary/aromatic N) is 1. The van der Waals surface area contributed by atoms with Gasteiger partial charge in [-0.3, -0.25) is 14.3 Å². The van der Waals surface area contributed by atoms with Crippen molar-refractivity contribution in [2.24, 2.45) is 0 Å². The zero-order valence-corrected chi connectivity index (χ0v) is 12.0. The van der Waals surface area contributed by atoms with E-state index >= 15 is 0 Å². The Morgan fingerprint density at radius 3 is 2.83 bits per heavy atom. The normalized spacial score (nSPS) is 27.5. The summed E-state index contributed by atoms with van der Waals surface area (Å²) in [5.41, 5.74) is -1.87. The van der Waals surface area contributed by atoms with E-state index in [0.29, 0.717) is 0 Å². The average molecular weight is 330 g/mol. The highest BCUT2D eigenvalue weighted by Crippen LogP contribution is 2.30. The molecule has 1 aromatic heterocycles. The molecule has 1 fully saturated rings. The minimum Gasteiger partial charge on any atom is -0.466 e. The van der Waals surface area contributed by atoms with Gasteiger partial charge in [0.2, 0.25) is 0 Å². The Kier molecular flexibility index (Phi) is 5.08. The second-order valence-corrected chi connectivity index (χ2v) is 4.79. The summed E-state index contributed by atoms with van der Waals surface area (Å²) in [6.45, 7) is -0.634. The molecule has 0 bridgehead atoms. The largest absolute Gasteiger partial charge is 0.466 e. The Hall–Kier alpha value is -2.30. The van der Waals surface area contributed by atoms with Crippen LogP contribution in [0.5, 0.6) is 0 Å². The first-order valence-electron chi connectivity index (χ1n) is 6.59. The standard InChI is InChI=1S/C13H15FN2O7/c1-22-8(18)3-2-6-4-16(13(21)15-11(6)20)12-9(14)10(19)7(5-17)23-12/h2-4,7,9-10,12,17,19H,5H2,1H3,(H,15,20,21)/b3-2+/t7-,9?,10-,12-/m1/s1. The predicted molar refractivity (Wildman–Crippen MR) is 74.3 cm³/mol. The lowest BCUT2D eigenvalue weighted by molar-refractivity contribution is -0.134. The lowest BCUT2D eigenvalue weighted by Gasteiger charge is -2.16. The molecule has 23 heavy (non-hydrogen) atoms. The SMILES string of the molecule is COC(=O)/C=C/c1cn([C@@H]2O[C@H](CO)[C@@H](O)C2F)c(=O)[nH]c1=O. The number of halogens is 1. The van der Waals surface area contributed by atoms with Gasteiger partial charge in [0, 0.05) is 12.3 Å². The summed E-state index contributed by atoms with van der Waals surface area (Å²) < 4.78 is 24.3. The molecule has 0 amide bonds. The molecule has 0 aliphatic carbocycles. The first-order chi connectivity index (χ1) is 10.9. The summed E-state index contributed by atoms with van der Waals surface area (Å²) in [6.07, 6.45) is -3.27. The fourth-order valence-corrected chi connectivity index (χ4v) is 2.11. The fraction of sp³-hybridized carbons (Fsp3) is 0.462. The number of aliphatic hydroxyl groups excluding tert-OH is 2. The molecule has 2 rings (SSSR count). The number of ether oxygens (including phenoxy) is 2. The van der Waals surface area contributed by atoms with Crippen molar-refractivity contribution in [1.29, 1.82) is 0 Å². The van der Waals surface area contributed by atoms with E-state index < -0.39 is 48.4 Å². The molecule has 0 aromatic carbocycles. The zero-order valence-electron chi connectivity index (χ0n) is 12.0. The molecule has 1 aromatic rings. The number of rotatable bonds is 4. The number of nitrogens with one attached hydrogen (secondary N) is 1. The maximum absolute atomic E-state index is 14.1. The van der Waals surface area contributed by atoms with Crippen molar-refractivity contribution >= 4 is 12.0 Å². The van der Waals surface area contributed by atoms with Crippen molar-refractivity contribution < 1.29 is 28.9 Å². The molecule has 0 spiro atoms. The molecular formula is C13H15FN2O7. The van der Waals surface area contributed by atoms with Crippen molar-refractivity contribution in [1.82, 2.24) is 9.55 Å². The number of aromatic nitrogens is 2. The van der Waals surface area contributed by atoms with Crippen LogP contribution in [0, 0.1) is 0 Å². The average Bonchev–Trinajstić information content (AvgIpc) is 2.81. The number of hydrogen-bond acceptors (Lipinski definition) is 7. The van der Waals surface area contributed by atoms with Gasteiger partial charge in [-0.25, -0.2) is 14.0 Å². The number of esters is 1. The summed E-state index contributed by atoms with van der Waals surface area (Å²) in [5, 5.41) is 18.6. The summed E-state index contributed by atoms with van der Waals surface area (Å²) in [7, 11) is 1.15. The summed E-state index contributed by atoms with van der Waals surface area (Å²) in [4.78, 5) is 36.5. The molecule has 1 aliphatic rings. The van der Waals surface area contributed by atoms with Crippen LogP contribution in [0.1, 0.15) is 11.8 Å². The summed E-state index contributed by atoms with van der Waals surface area (Å²) in [6, 6.07) is 0. The van der Waals surface area contributed by atoms with E-state index in [4.69, 9.17) is 9.84 Å². The Balaban J connectivity index is 2.40. The van der Waals surface area contributed by atoms with Crippen molar-refractivity contribution in [3.05, 3.63) is 38.7 Å². The smallest absolute Gasteiger partial charge is 0.330 e. The van der Waals surface area contributed by atoms with Gasteiger partial charge >= 0.3 is 11.7 Å². The highest BCUT2D eigenvalue weighted by atomic mass is 19.1. The second-order valence-electron chi connectivity index (χ2n) is 4.79. The Morgan fingerprint density at radius 1 is 1.57 bits per heavy atom. The van der Waals surface area contributed by atoms with Crippen LogP contribution in [-0.4, -0.2) is 57.8 Å². The van der Waals surface area contributed by atoms with Crippen LogP contribution in [0.3, 0.4) is 0 Å². The van der Waals surface area contributed by atoms with E-state index in [1.165, 1.54) is 0 Å². The van der Waals surface area contributed by atoms with Gasteiger partial charge in [0.25, 0.3) is 5.56 Å². The Morgan fingerprint density at radius 2 is 2.26 bits per heavy atom. The van der Waals surface area contributed by atoms with Gasteiger partial charge < -0.3 is 19.7 Å². The molecule has 1 aliphatic heterocycles. The Bertz CT molecular complexity index is 726. The minimum atomic E-state index is -1.98. The van der Waals surface area contributed by atoms with E-state index in [-0.39, 0.29) is 5.56 Å². The minimum absolute atomic E-state index is 0.118. The molecule has 1 unspecified atom stereocenters. The van der Waals surface area contributed by atoms with Gasteiger partial charge in [0.15, 0.2) is 12.4 Å². The lowest BCUT2D eigenvalue weighted by Crippen LogP contribution is -2.36. The molecule has 9 nitrogen and oxygen atoms in total. The van der Waals surface area contributed by atoms with Crippen LogP contribution in [0.25, 0.3) is 6.08 Å². The molecule has 0 radical (unpaired) electrons. The van der Waals surface area contributed by atoms with Gasteiger partial charge in [-0.05, 0) is 6.08 Å². The highest BCUT2D eigenvalue weighted by molar-refractivity contribution is 5.86. The van der Waals surface area contributed by atoms with E-state index in [9.17, 15) is 23.9 Å². The van der Waals surface area contributed by atoms with Gasteiger partial charge in [-0.1, -0.05) is 0 Å². The van der Waals surface area contributed by atoms with E-state index in [2.05, 4.69) is 4.74 Å². The van der Waals surface area contributed by atoms with Crippen LogP contribution in [0.2, 0.25) is 0 Å². The van der Waals surface area contributed by atoms with Crippen LogP contribution in [0.15, 0.2) is 21.9 Å². The van der Waals surface area contributed by atoms with E-state index in [0.717, 1.165) is 30.0 Å². The molecule has 10 heteroatoms. The van der Waals surface area contributed by atoms with Crippen LogP contribution in [-0.2, 0) is 14.3 Å². The monoisotopic (exact) mass is 330 g/mol. The molecular weight excluding hydrogens is 315 g/mol. The highest BCUT2D eigenvalue weighted by Gasteiger charge is 2.45. The molecule has 126 valence electrons. The van der Waals surface area contributed by atoms with E-state index in [1.807, 2.05) is 4.98 Å². The third-order valence-corrected chi connectivity index (χ3v) is 3.34. The number of carbonyl (C=O) groups is 1. The number of aliphatic hydroxyl groups is 2. The topological polar surface area (TPSA) is 131 Å². The van der Waals surface area contributed by atoms with Crippen LogP contribution < -0.4 is 11.2 Å². The number of methoxy groups -OCH3 is 1. The summed E-state index contributed by atoms with van der Waals surface area (Å²) >= 11 is 0. The summed E-state index contributed by atoms with van der Waals surface area (Å²) in [5.74, 6) is -0.724. The molecule has 1 saturated heterocycles. The van der Waals surface area contributed by atoms with Crippen LogP contribution >= 0.6 is 0 Å². The fourth-order valence-electron chi connectivity index (χ4n) is 2.11. The maximum atomic E-state index is 14.1. The third kappa shape index (κ3) is 3.38. The number of alkyl halides is 1. The number of carbonyl (C=O) groups excluding carboxylic acids is 1. The molecule has 4 atom stereocenters. The number of hydrogen-bond donors (Lipinski definition) is 3. The maximum Gasteiger partial charge on any atom is 0.330 e.